The van der Waals surface area contributed by atoms with Gasteiger partial charge in [-0.15, -0.1) is 0 Å². The highest BCUT2D eigenvalue weighted by molar-refractivity contribution is 6.06. The topological polar surface area (TPSA) is 122 Å². The fourth-order valence-corrected chi connectivity index (χ4v) is 5.45. The monoisotopic (exact) mass is 503 g/mol. The van der Waals surface area contributed by atoms with E-state index in [1.807, 2.05) is 32.2 Å². The van der Waals surface area contributed by atoms with Crippen LogP contribution in [0.5, 0.6) is 0 Å². The lowest BCUT2D eigenvalue weighted by Crippen LogP contribution is -2.49. The number of piperidine rings is 1. The Morgan fingerprint density at radius 2 is 1.86 bits per heavy atom. The number of ketones is 1. The average Bonchev–Trinajstić information content (AvgIpc) is 3.24. The summed E-state index contributed by atoms with van der Waals surface area (Å²) in [6, 6.07) is 5.26. The molecule has 37 heavy (non-hydrogen) atoms. The van der Waals surface area contributed by atoms with Crippen molar-refractivity contribution in [2.24, 2.45) is 5.41 Å². The quantitative estimate of drug-likeness (QED) is 0.339. The Balaban J connectivity index is 1.40. The van der Waals surface area contributed by atoms with Crippen molar-refractivity contribution in [1.29, 1.82) is 0 Å². The van der Waals surface area contributed by atoms with E-state index in [-0.39, 0.29) is 35.6 Å². The van der Waals surface area contributed by atoms with E-state index in [0.29, 0.717) is 35.4 Å². The molecule has 0 spiro atoms. The number of fused-ring (bicyclic) bond motifs is 2. The Bertz CT molecular complexity index is 1370. The first kappa shape index (κ1) is 25.0. The van der Waals surface area contributed by atoms with Crippen molar-refractivity contribution < 1.29 is 14.4 Å². The summed E-state index contributed by atoms with van der Waals surface area (Å²) in [6.45, 7) is 6.79. The summed E-state index contributed by atoms with van der Waals surface area (Å²) >= 11 is 0. The van der Waals surface area contributed by atoms with Crippen LogP contribution in [0.4, 0.5) is 0 Å². The molecule has 0 unspecified atom stereocenters. The van der Waals surface area contributed by atoms with Gasteiger partial charge in [0.25, 0.3) is 0 Å². The molecule has 10 nitrogen and oxygen atoms in total. The number of rotatable bonds is 9. The third kappa shape index (κ3) is 4.73. The molecule has 3 atom stereocenters. The Labute approximate surface area is 215 Å². The second-order valence-electron chi connectivity index (χ2n) is 10.5. The van der Waals surface area contributed by atoms with Gasteiger partial charge in [-0.2, -0.15) is 5.10 Å². The van der Waals surface area contributed by atoms with Crippen LogP contribution in [-0.2, 0) is 16.1 Å². The van der Waals surface area contributed by atoms with E-state index in [1.165, 1.54) is 6.92 Å². The van der Waals surface area contributed by atoms with E-state index in [4.69, 9.17) is 0 Å². The Hall–Kier alpha value is -3.66. The lowest BCUT2D eigenvalue weighted by molar-refractivity contribution is -0.140. The molecule has 1 aliphatic carbocycles. The second-order valence-corrected chi connectivity index (χ2v) is 10.5. The normalized spacial score (nSPS) is 22.2. The van der Waals surface area contributed by atoms with Crippen molar-refractivity contribution in [2.75, 3.05) is 20.1 Å². The highest BCUT2D eigenvalue weighted by Crippen LogP contribution is 2.59. The molecule has 2 aromatic heterocycles. The zero-order chi connectivity index (χ0) is 26.3. The minimum absolute atomic E-state index is 0.00954. The number of benzene rings is 1. The van der Waals surface area contributed by atoms with Gasteiger partial charge in [-0.25, -0.2) is 9.97 Å². The Morgan fingerprint density at radius 1 is 1.11 bits per heavy atom. The maximum atomic E-state index is 13.6. The van der Waals surface area contributed by atoms with Crippen molar-refractivity contribution in [3.8, 4) is 11.1 Å². The molecular formula is C27H33N7O3. The first-order valence-electron chi connectivity index (χ1n) is 12.8. The minimum atomic E-state index is -0.479. The highest BCUT2D eigenvalue weighted by Gasteiger charge is 2.64. The highest BCUT2D eigenvalue weighted by atomic mass is 16.2. The van der Waals surface area contributed by atoms with Crippen molar-refractivity contribution in [2.45, 2.75) is 58.7 Å². The van der Waals surface area contributed by atoms with Crippen LogP contribution in [0.25, 0.3) is 22.0 Å². The average molecular weight is 504 g/mol. The number of likely N-dealkylation sites (tertiary alicyclic amines) is 1. The molecule has 194 valence electrons. The lowest BCUT2D eigenvalue weighted by atomic mass is 10.0. The fourth-order valence-electron chi connectivity index (χ4n) is 5.45. The molecule has 3 heterocycles. The van der Waals surface area contributed by atoms with Gasteiger partial charge in [0, 0.05) is 42.9 Å². The predicted molar refractivity (Wildman–Crippen MR) is 139 cm³/mol. The van der Waals surface area contributed by atoms with Gasteiger partial charge in [0.1, 0.15) is 24.1 Å². The van der Waals surface area contributed by atoms with E-state index in [0.717, 1.165) is 30.5 Å². The van der Waals surface area contributed by atoms with E-state index in [9.17, 15) is 14.4 Å². The molecule has 0 radical (unpaired) electrons. The van der Waals surface area contributed by atoms with Crippen LogP contribution in [0, 0.1) is 12.3 Å². The fraction of sp³-hybridized carbons (Fsp3) is 0.481. The molecule has 2 amide bonds. The number of hydrogen-bond acceptors (Lipinski definition) is 7. The second kappa shape index (κ2) is 9.66. The van der Waals surface area contributed by atoms with E-state index in [2.05, 4.69) is 32.6 Å². The third-order valence-electron chi connectivity index (χ3n) is 7.61. The number of hydrogen-bond donors (Lipinski definition) is 2. The smallest absolute Gasteiger partial charge is 0.245 e. The molecule has 0 bridgehead atoms. The third-order valence-corrected chi connectivity index (χ3v) is 7.61. The largest absolute Gasteiger partial charge is 0.354 e. The number of aromatic nitrogens is 4. The van der Waals surface area contributed by atoms with Crippen LogP contribution in [0.3, 0.4) is 0 Å². The van der Waals surface area contributed by atoms with Gasteiger partial charge in [0.2, 0.25) is 11.8 Å². The summed E-state index contributed by atoms with van der Waals surface area (Å²) in [6.07, 6.45) is 5.89. The van der Waals surface area contributed by atoms with Gasteiger partial charge in [-0.1, -0.05) is 13.0 Å². The number of Topliss-reactive ketones (excluding diaryl/α,β-unsaturated/α-hetero) is 1. The van der Waals surface area contributed by atoms with Crippen molar-refractivity contribution in [1.82, 2.24) is 35.3 Å². The standard InChI is InChI=1S/C27H33N7O3/c1-16(35)25-20-10-18(19-13-30-17(2)31-14-19)6-7-21(20)33(32-25)15-24(36)34-22(11-27(3)12-23(27)34)26(37)29-9-5-8-28-4/h6-7,10,13-14,22-23,28H,5,8-9,11-12,15H2,1-4H3,(H,29,37)/t22-,23+,27-/m0/s1. The molecule has 1 aromatic carbocycles. The zero-order valence-electron chi connectivity index (χ0n) is 21.7. The summed E-state index contributed by atoms with van der Waals surface area (Å²) in [5.41, 5.74) is 2.70. The molecule has 1 aliphatic heterocycles. The number of carbonyl (C=O) groups is 3. The number of amides is 2. The van der Waals surface area contributed by atoms with Gasteiger partial charge >= 0.3 is 0 Å². The molecule has 1 saturated heterocycles. The van der Waals surface area contributed by atoms with E-state index in [1.54, 1.807) is 22.0 Å². The minimum Gasteiger partial charge on any atom is -0.354 e. The van der Waals surface area contributed by atoms with Crippen LogP contribution in [0.1, 0.15) is 49.4 Å². The number of nitrogens with zero attached hydrogens (tertiary/aromatic N) is 5. The van der Waals surface area contributed by atoms with Crippen LogP contribution in [0.2, 0.25) is 0 Å². The van der Waals surface area contributed by atoms with Crippen molar-refractivity contribution in [3.05, 3.63) is 42.1 Å². The van der Waals surface area contributed by atoms with E-state index >= 15 is 0 Å². The summed E-state index contributed by atoms with van der Waals surface area (Å²) < 4.78 is 1.59. The number of carbonyl (C=O) groups excluding carboxylic acids is 3. The molecule has 2 fully saturated rings. The summed E-state index contributed by atoms with van der Waals surface area (Å²) in [7, 11) is 1.88. The molecule has 10 heteroatoms. The molecule has 3 aromatic rings. The molecule has 5 rings (SSSR count). The van der Waals surface area contributed by atoms with Gasteiger partial charge in [-0.3, -0.25) is 19.1 Å². The summed E-state index contributed by atoms with van der Waals surface area (Å²) in [4.78, 5) is 49.3. The van der Waals surface area contributed by atoms with Gasteiger partial charge in [0.05, 0.1) is 5.52 Å². The SMILES string of the molecule is CNCCCNC(=O)[C@@H]1C[C@@]2(C)C[C@H]2N1C(=O)Cn1nc(C(C)=O)c2cc(-c3cnc(C)nc3)ccc21. The molecule has 2 N–H and O–H groups in total. The van der Waals surface area contributed by atoms with Crippen LogP contribution in [-0.4, -0.2) is 74.5 Å². The maximum Gasteiger partial charge on any atom is 0.245 e. The van der Waals surface area contributed by atoms with Crippen LogP contribution < -0.4 is 10.6 Å². The summed E-state index contributed by atoms with van der Waals surface area (Å²) in [5, 5.41) is 11.3. The number of aryl methyl sites for hydroxylation is 1. The lowest BCUT2D eigenvalue weighted by Gasteiger charge is -2.27. The first-order chi connectivity index (χ1) is 17.7. The molecular weight excluding hydrogens is 470 g/mol. The van der Waals surface area contributed by atoms with Gasteiger partial charge < -0.3 is 15.5 Å². The van der Waals surface area contributed by atoms with Crippen LogP contribution in [0.15, 0.2) is 30.6 Å². The van der Waals surface area contributed by atoms with Crippen molar-refractivity contribution >= 4 is 28.5 Å². The molecule has 2 aliphatic rings. The zero-order valence-corrected chi connectivity index (χ0v) is 21.7. The van der Waals surface area contributed by atoms with Gasteiger partial charge in [-0.05, 0) is 62.9 Å². The predicted octanol–water partition coefficient (Wildman–Crippen LogP) is 2.11. The van der Waals surface area contributed by atoms with Crippen LogP contribution >= 0.6 is 0 Å². The Kier molecular flexibility index (Phi) is 6.53. The molecule has 1 saturated carbocycles. The van der Waals surface area contributed by atoms with Gasteiger partial charge in [0.15, 0.2) is 5.78 Å². The van der Waals surface area contributed by atoms with E-state index < -0.39 is 6.04 Å². The maximum absolute atomic E-state index is 13.6. The summed E-state index contributed by atoms with van der Waals surface area (Å²) in [5.74, 6) is 0.247. The Morgan fingerprint density at radius 3 is 2.57 bits per heavy atom. The van der Waals surface area contributed by atoms with Crippen molar-refractivity contribution in [3.63, 3.8) is 0 Å². The first-order valence-corrected chi connectivity index (χ1v) is 12.8. The number of nitrogens with one attached hydrogen (secondary N) is 2.